The molecule has 1 amide bonds. The number of amides is 1. The van der Waals surface area contributed by atoms with Gasteiger partial charge in [-0.15, -0.1) is 0 Å². The Balaban J connectivity index is 1.99. The minimum absolute atomic E-state index is 0.204. The highest BCUT2D eigenvalue weighted by atomic mass is 16.5. The number of para-hydroxylation sites is 1. The monoisotopic (exact) mass is 407 g/mol. The number of ether oxygens (including phenoxy) is 2. The summed E-state index contributed by atoms with van der Waals surface area (Å²) < 4.78 is 12.2. The second kappa shape index (κ2) is 9.26. The van der Waals surface area contributed by atoms with Crippen LogP contribution in [0.2, 0.25) is 0 Å². The fourth-order valence-electron chi connectivity index (χ4n) is 3.35. The number of benzene rings is 2. The van der Waals surface area contributed by atoms with E-state index < -0.39 is 17.9 Å². The van der Waals surface area contributed by atoms with Crippen LogP contribution in [0, 0.1) is 13.8 Å². The van der Waals surface area contributed by atoms with Crippen molar-refractivity contribution in [2.45, 2.75) is 26.8 Å². The van der Waals surface area contributed by atoms with Gasteiger partial charge < -0.3 is 14.8 Å². The lowest BCUT2D eigenvalue weighted by Crippen LogP contribution is -2.35. The van der Waals surface area contributed by atoms with Crippen LogP contribution >= 0.6 is 0 Å². The van der Waals surface area contributed by atoms with Gasteiger partial charge in [0.05, 0.1) is 25.1 Å². The van der Waals surface area contributed by atoms with Crippen LogP contribution in [0.1, 0.15) is 40.3 Å². The van der Waals surface area contributed by atoms with Crippen molar-refractivity contribution in [3.63, 3.8) is 0 Å². The Morgan fingerprint density at radius 2 is 1.83 bits per heavy atom. The Kier molecular flexibility index (Phi) is 6.51. The first kappa shape index (κ1) is 21.1. The third-order valence-corrected chi connectivity index (χ3v) is 4.77. The van der Waals surface area contributed by atoms with E-state index in [-0.39, 0.29) is 6.61 Å². The summed E-state index contributed by atoms with van der Waals surface area (Å²) in [6, 6.07) is 15.4. The number of hydrogen-bond donors (Lipinski definition) is 1. The lowest BCUT2D eigenvalue weighted by molar-refractivity contribution is -0.145. The van der Waals surface area contributed by atoms with Crippen molar-refractivity contribution in [3.05, 3.63) is 77.1 Å². The number of nitrogens with one attached hydrogen (secondary N) is 1. The molecule has 7 heteroatoms. The van der Waals surface area contributed by atoms with Crippen LogP contribution in [0.5, 0.6) is 5.75 Å². The van der Waals surface area contributed by atoms with Crippen LogP contribution in [-0.4, -0.2) is 35.4 Å². The molecule has 7 nitrogen and oxygen atoms in total. The molecule has 0 spiro atoms. The second-order valence-corrected chi connectivity index (χ2v) is 6.72. The fourth-order valence-corrected chi connectivity index (χ4v) is 3.35. The molecule has 0 saturated heterocycles. The summed E-state index contributed by atoms with van der Waals surface area (Å²) >= 11 is 0. The van der Waals surface area contributed by atoms with E-state index in [1.54, 1.807) is 35.9 Å². The molecule has 0 radical (unpaired) electrons. The highest BCUT2D eigenvalue weighted by Crippen LogP contribution is 2.26. The molecule has 0 aliphatic heterocycles. The molecule has 0 aliphatic carbocycles. The van der Waals surface area contributed by atoms with E-state index in [2.05, 4.69) is 10.4 Å². The number of carbonyl (C=O) groups is 2. The maximum atomic E-state index is 12.9. The summed E-state index contributed by atoms with van der Waals surface area (Å²) in [5.41, 5.74) is 3.26. The number of aryl methyl sites for hydroxylation is 1. The zero-order chi connectivity index (χ0) is 21.7. The Bertz CT molecular complexity index is 1040. The van der Waals surface area contributed by atoms with Crippen LogP contribution in [0.25, 0.3) is 5.69 Å². The number of esters is 1. The van der Waals surface area contributed by atoms with Gasteiger partial charge in [0.1, 0.15) is 5.75 Å². The molecule has 0 bridgehead atoms. The summed E-state index contributed by atoms with van der Waals surface area (Å²) in [5, 5.41) is 7.40. The predicted octanol–water partition coefficient (Wildman–Crippen LogP) is 3.53. The number of nitrogens with zero attached hydrogens (tertiary/aromatic N) is 2. The van der Waals surface area contributed by atoms with Gasteiger partial charge in [0.15, 0.2) is 6.04 Å². The van der Waals surface area contributed by atoms with Crippen molar-refractivity contribution in [1.29, 1.82) is 0 Å². The quantitative estimate of drug-likeness (QED) is 0.606. The fraction of sp³-hybridized carbons (Fsp3) is 0.261. The third kappa shape index (κ3) is 4.35. The summed E-state index contributed by atoms with van der Waals surface area (Å²) in [5.74, 6) is -0.384. The Labute approximate surface area is 175 Å². The summed E-state index contributed by atoms with van der Waals surface area (Å²) in [6.07, 6.45) is 0. The highest BCUT2D eigenvalue weighted by Gasteiger charge is 2.30. The average molecular weight is 407 g/mol. The Morgan fingerprint density at radius 3 is 2.50 bits per heavy atom. The van der Waals surface area contributed by atoms with Crippen LogP contribution in [0.4, 0.5) is 0 Å². The number of rotatable bonds is 7. The maximum absolute atomic E-state index is 12.9. The van der Waals surface area contributed by atoms with Gasteiger partial charge in [-0.05, 0) is 51.1 Å². The molecule has 156 valence electrons. The van der Waals surface area contributed by atoms with Crippen molar-refractivity contribution in [2.75, 3.05) is 13.7 Å². The lowest BCUT2D eigenvalue weighted by atomic mass is 10.0. The minimum atomic E-state index is -0.985. The van der Waals surface area contributed by atoms with E-state index >= 15 is 0 Å². The number of carbonyl (C=O) groups excluding carboxylic acids is 2. The van der Waals surface area contributed by atoms with Gasteiger partial charge in [0.25, 0.3) is 5.91 Å². The third-order valence-electron chi connectivity index (χ3n) is 4.77. The Hall–Kier alpha value is -3.61. The molecular weight excluding hydrogens is 382 g/mol. The molecule has 1 atom stereocenters. The number of aromatic nitrogens is 2. The molecule has 0 aliphatic rings. The first-order valence-electron chi connectivity index (χ1n) is 9.69. The highest BCUT2D eigenvalue weighted by molar-refractivity contribution is 5.97. The van der Waals surface area contributed by atoms with E-state index in [1.165, 1.54) is 7.11 Å². The minimum Gasteiger partial charge on any atom is -0.497 e. The van der Waals surface area contributed by atoms with Crippen molar-refractivity contribution in [2.24, 2.45) is 0 Å². The summed E-state index contributed by atoms with van der Waals surface area (Å²) in [4.78, 5) is 25.7. The van der Waals surface area contributed by atoms with Gasteiger partial charge in [-0.3, -0.25) is 4.79 Å². The van der Waals surface area contributed by atoms with Crippen LogP contribution < -0.4 is 10.1 Å². The lowest BCUT2D eigenvalue weighted by Gasteiger charge is -2.18. The molecule has 1 N–H and O–H groups in total. The summed E-state index contributed by atoms with van der Waals surface area (Å²) in [6.45, 7) is 5.61. The van der Waals surface area contributed by atoms with E-state index in [1.807, 2.05) is 44.2 Å². The van der Waals surface area contributed by atoms with E-state index in [0.29, 0.717) is 22.6 Å². The second-order valence-electron chi connectivity index (χ2n) is 6.72. The van der Waals surface area contributed by atoms with E-state index in [0.717, 1.165) is 11.4 Å². The molecular formula is C23H25N3O4. The molecule has 1 aromatic heterocycles. The number of hydrogen-bond acceptors (Lipinski definition) is 5. The first-order chi connectivity index (χ1) is 14.5. The average Bonchev–Trinajstić information content (AvgIpc) is 3.06. The van der Waals surface area contributed by atoms with Crippen LogP contribution in [0.15, 0.2) is 54.6 Å². The van der Waals surface area contributed by atoms with E-state index in [4.69, 9.17) is 9.47 Å². The predicted molar refractivity (Wildman–Crippen MR) is 113 cm³/mol. The molecule has 1 heterocycles. The van der Waals surface area contributed by atoms with Gasteiger partial charge in [-0.1, -0.05) is 24.3 Å². The molecule has 0 fully saturated rings. The number of methoxy groups -OCH3 is 1. The largest absolute Gasteiger partial charge is 0.497 e. The SMILES string of the molecule is CCOC(=O)[C@H](NC(=O)c1cccc(OC)c1)c1c(C)nn(-c2ccccc2)c1C. The molecule has 3 aromatic rings. The zero-order valence-electron chi connectivity index (χ0n) is 17.5. The maximum Gasteiger partial charge on any atom is 0.333 e. The van der Waals surface area contributed by atoms with Crippen molar-refractivity contribution in [3.8, 4) is 11.4 Å². The van der Waals surface area contributed by atoms with Crippen LogP contribution in [0.3, 0.4) is 0 Å². The van der Waals surface area contributed by atoms with Crippen molar-refractivity contribution in [1.82, 2.24) is 15.1 Å². The zero-order valence-corrected chi connectivity index (χ0v) is 17.5. The van der Waals surface area contributed by atoms with Gasteiger partial charge in [-0.25, -0.2) is 9.48 Å². The molecule has 0 saturated carbocycles. The van der Waals surface area contributed by atoms with Crippen molar-refractivity contribution >= 4 is 11.9 Å². The molecule has 2 aromatic carbocycles. The first-order valence-corrected chi connectivity index (χ1v) is 9.69. The van der Waals surface area contributed by atoms with E-state index in [9.17, 15) is 9.59 Å². The van der Waals surface area contributed by atoms with Crippen molar-refractivity contribution < 1.29 is 19.1 Å². The molecule has 3 rings (SSSR count). The van der Waals surface area contributed by atoms with Gasteiger partial charge >= 0.3 is 5.97 Å². The molecule has 30 heavy (non-hydrogen) atoms. The van der Waals surface area contributed by atoms with Crippen LogP contribution in [-0.2, 0) is 9.53 Å². The summed E-state index contributed by atoms with van der Waals surface area (Å²) in [7, 11) is 1.53. The smallest absolute Gasteiger partial charge is 0.333 e. The van der Waals surface area contributed by atoms with Gasteiger partial charge in [0, 0.05) is 16.8 Å². The topological polar surface area (TPSA) is 82.4 Å². The normalized spacial score (nSPS) is 11.6. The Morgan fingerprint density at radius 1 is 1.10 bits per heavy atom. The van der Waals surface area contributed by atoms with Gasteiger partial charge in [-0.2, -0.15) is 5.10 Å². The molecule has 0 unspecified atom stereocenters. The van der Waals surface area contributed by atoms with Gasteiger partial charge in [0.2, 0.25) is 0 Å². The standard InChI is InChI=1S/C23H25N3O4/c1-5-30-23(28)21(24-22(27)17-10-9-13-19(14-17)29-4)20-15(2)25-26(16(20)3)18-11-7-6-8-12-18/h6-14,21H,5H2,1-4H3,(H,24,27)/t21-/m1/s1.